The fourth-order valence-corrected chi connectivity index (χ4v) is 1.16. The SMILES string of the molecule is CCCC(=O)c1ccccc1[N+]#N. The van der Waals surface area contributed by atoms with Gasteiger partial charge in [0.2, 0.25) is 5.39 Å². The number of nitrogens with zero attached hydrogens (tertiary/aromatic N) is 2. The molecule has 0 aromatic heterocycles. The summed E-state index contributed by atoms with van der Waals surface area (Å²) in [5.74, 6) is 0.0240. The van der Waals surface area contributed by atoms with Crippen molar-refractivity contribution in [3.63, 3.8) is 0 Å². The van der Waals surface area contributed by atoms with Crippen molar-refractivity contribution in [1.29, 1.82) is 5.39 Å². The van der Waals surface area contributed by atoms with Crippen LogP contribution in [-0.4, -0.2) is 5.78 Å². The van der Waals surface area contributed by atoms with E-state index in [-0.39, 0.29) is 5.78 Å². The summed E-state index contributed by atoms with van der Waals surface area (Å²) in [5, 5.41) is 8.61. The number of rotatable bonds is 3. The number of hydrogen-bond donors (Lipinski definition) is 0. The summed E-state index contributed by atoms with van der Waals surface area (Å²) >= 11 is 0. The van der Waals surface area contributed by atoms with Gasteiger partial charge in [0.15, 0.2) is 10.8 Å². The standard InChI is InChI=1S/C10H11N2O/c1-2-5-10(13)8-6-3-4-7-9(8)12-11/h3-4,6-7H,2,5H2,1H3/q+1. The highest BCUT2D eigenvalue weighted by Gasteiger charge is 2.17. The van der Waals surface area contributed by atoms with Gasteiger partial charge in [-0.2, -0.15) is 0 Å². The summed E-state index contributed by atoms with van der Waals surface area (Å²) in [5.41, 5.74) is 0.841. The van der Waals surface area contributed by atoms with Gasteiger partial charge in [-0.05, 0) is 12.5 Å². The Morgan fingerprint density at radius 2 is 2.15 bits per heavy atom. The summed E-state index contributed by atoms with van der Waals surface area (Å²) in [7, 11) is 0. The topological polar surface area (TPSA) is 45.2 Å². The minimum Gasteiger partial charge on any atom is -0.294 e. The van der Waals surface area contributed by atoms with E-state index in [0.29, 0.717) is 17.7 Å². The molecule has 0 radical (unpaired) electrons. The third-order valence-electron chi connectivity index (χ3n) is 1.79. The second-order valence-electron chi connectivity index (χ2n) is 2.79. The van der Waals surface area contributed by atoms with E-state index in [1.807, 2.05) is 6.92 Å². The Labute approximate surface area is 77.0 Å². The second kappa shape index (κ2) is 4.36. The van der Waals surface area contributed by atoms with Crippen LogP contribution in [0.15, 0.2) is 24.3 Å². The highest BCUT2D eigenvalue weighted by molar-refractivity contribution is 6.01. The summed E-state index contributed by atoms with van der Waals surface area (Å²) in [6.07, 6.45) is 1.30. The maximum atomic E-state index is 11.5. The van der Waals surface area contributed by atoms with Gasteiger partial charge in [-0.3, -0.25) is 4.79 Å². The van der Waals surface area contributed by atoms with E-state index >= 15 is 0 Å². The molecule has 0 fully saturated rings. The van der Waals surface area contributed by atoms with E-state index in [4.69, 9.17) is 5.39 Å². The van der Waals surface area contributed by atoms with Crippen LogP contribution >= 0.6 is 0 Å². The molecule has 0 aliphatic heterocycles. The quantitative estimate of drug-likeness (QED) is 0.523. The first-order valence-corrected chi connectivity index (χ1v) is 4.27. The number of carbonyl (C=O) groups is 1. The maximum absolute atomic E-state index is 11.5. The lowest BCUT2D eigenvalue weighted by Gasteiger charge is -1.93. The van der Waals surface area contributed by atoms with Crippen LogP contribution in [0.1, 0.15) is 30.1 Å². The largest absolute Gasteiger partial charge is 0.395 e. The molecule has 3 heteroatoms. The van der Waals surface area contributed by atoms with E-state index in [1.165, 1.54) is 0 Å². The Hall–Kier alpha value is -1.69. The molecule has 3 nitrogen and oxygen atoms in total. The predicted molar refractivity (Wildman–Crippen MR) is 50.4 cm³/mol. The zero-order valence-corrected chi connectivity index (χ0v) is 7.53. The van der Waals surface area contributed by atoms with Crippen LogP contribution in [0.3, 0.4) is 0 Å². The second-order valence-corrected chi connectivity index (χ2v) is 2.79. The first kappa shape index (κ1) is 9.40. The van der Waals surface area contributed by atoms with Gasteiger partial charge in [0.05, 0.1) is 0 Å². The smallest absolute Gasteiger partial charge is 0.294 e. The zero-order valence-electron chi connectivity index (χ0n) is 7.53. The molecule has 0 heterocycles. The fraction of sp³-hybridized carbons (Fsp3) is 0.300. The first-order valence-electron chi connectivity index (χ1n) is 4.27. The van der Waals surface area contributed by atoms with Crippen molar-refractivity contribution in [2.24, 2.45) is 0 Å². The number of Topliss-reactive ketones (excluding diaryl/α,β-unsaturated/α-hetero) is 1. The van der Waals surface area contributed by atoms with Crippen LogP contribution in [0.25, 0.3) is 4.98 Å². The molecule has 0 spiro atoms. The van der Waals surface area contributed by atoms with Gasteiger partial charge in [-0.25, -0.2) is 0 Å². The van der Waals surface area contributed by atoms with Crippen LogP contribution in [-0.2, 0) is 0 Å². The van der Waals surface area contributed by atoms with Gasteiger partial charge in [0.25, 0.3) is 0 Å². The van der Waals surface area contributed by atoms with Gasteiger partial charge in [-0.1, -0.05) is 19.1 Å². The molecule has 0 N–H and O–H groups in total. The predicted octanol–water partition coefficient (Wildman–Crippen LogP) is 3.15. The van der Waals surface area contributed by atoms with E-state index in [0.717, 1.165) is 6.42 Å². The third-order valence-corrected chi connectivity index (χ3v) is 1.79. The van der Waals surface area contributed by atoms with Crippen LogP contribution in [0, 0.1) is 5.39 Å². The summed E-state index contributed by atoms with van der Waals surface area (Å²) in [6, 6.07) is 6.78. The lowest BCUT2D eigenvalue weighted by Crippen LogP contribution is -1.97. The average Bonchev–Trinajstić information content (AvgIpc) is 2.18. The number of carbonyl (C=O) groups excluding carboxylic acids is 1. The Morgan fingerprint density at radius 1 is 1.46 bits per heavy atom. The average molecular weight is 175 g/mol. The van der Waals surface area contributed by atoms with Crippen molar-refractivity contribution in [3.8, 4) is 0 Å². The van der Waals surface area contributed by atoms with Gasteiger partial charge < -0.3 is 0 Å². The lowest BCUT2D eigenvalue weighted by atomic mass is 10.1. The highest BCUT2D eigenvalue weighted by atomic mass is 16.1. The highest BCUT2D eigenvalue weighted by Crippen LogP contribution is 2.20. The number of diazo groups is 1. The normalized spacial score (nSPS) is 9.23. The molecule has 0 atom stereocenters. The molecule has 0 bridgehead atoms. The van der Waals surface area contributed by atoms with E-state index in [9.17, 15) is 4.79 Å². The van der Waals surface area contributed by atoms with Crippen LogP contribution in [0.4, 0.5) is 5.69 Å². The molecule has 13 heavy (non-hydrogen) atoms. The molecule has 1 aromatic carbocycles. The van der Waals surface area contributed by atoms with Crippen molar-refractivity contribution in [1.82, 2.24) is 0 Å². The molecule has 0 saturated carbocycles. The van der Waals surface area contributed by atoms with E-state index in [2.05, 4.69) is 4.98 Å². The molecule has 0 saturated heterocycles. The van der Waals surface area contributed by atoms with Crippen LogP contribution in [0.2, 0.25) is 0 Å². The van der Waals surface area contributed by atoms with Crippen LogP contribution < -0.4 is 0 Å². The van der Waals surface area contributed by atoms with Gasteiger partial charge in [0, 0.05) is 12.5 Å². The molecule has 1 aromatic rings. The molecule has 0 aliphatic carbocycles. The lowest BCUT2D eigenvalue weighted by molar-refractivity contribution is 0.0982. The molecule has 1 rings (SSSR count). The Kier molecular flexibility index (Phi) is 3.15. The minimum atomic E-state index is 0.0240. The number of ketones is 1. The summed E-state index contributed by atoms with van der Waals surface area (Å²) < 4.78 is 0. The van der Waals surface area contributed by atoms with Gasteiger partial charge in [-0.15, -0.1) is 0 Å². The van der Waals surface area contributed by atoms with Crippen molar-refractivity contribution in [2.75, 3.05) is 0 Å². The molecule has 0 amide bonds. The Bertz CT molecular complexity index is 352. The monoisotopic (exact) mass is 175 g/mol. The Balaban J connectivity index is 3.01. The third kappa shape index (κ3) is 2.12. The minimum absolute atomic E-state index is 0.0240. The van der Waals surface area contributed by atoms with Crippen molar-refractivity contribution in [2.45, 2.75) is 19.8 Å². The van der Waals surface area contributed by atoms with Gasteiger partial charge >= 0.3 is 5.69 Å². The van der Waals surface area contributed by atoms with E-state index in [1.54, 1.807) is 24.3 Å². The molecule has 66 valence electrons. The molecular weight excluding hydrogens is 164 g/mol. The fourth-order valence-electron chi connectivity index (χ4n) is 1.16. The molecule has 0 aliphatic rings. The van der Waals surface area contributed by atoms with E-state index < -0.39 is 0 Å². The zero-order chi connectivity index (χ0) is 9.68. The molecule has 0 unspecified atom stereocenters. The summed E-state index contributed by atoms with van der Waals surface area (Å²) in [6.45, 7) is 1.94. The number of benzene rings is 1. The Morgan fingerprint density at radius 3 is 2.77 bits per heavy atom. The molecular formula is C10H11N2O+. The van der Waals surface area contributed by atoms with Crippen molar-refractivity contribution in [3.05, 3.63) is 34.8 Å². The van der Waals surface area contributed by atoms with Crippen molar-refractivity contribution < 1.29 is 4.79 Å². The first-order chi connectivity index (χ1) is 6.29. The van der Waals surface area contributed by atoms with Crippen molar-refractivity contribution >= 4 is 11.5 Å². The number of hydrogen-bond acceptors (Lipinski definition) is 2. The van der Waals surface area contributed by atoms with Crippen LogP contribution in [0.5, 0.6) is 0 Å². The summed E-state index contributed by atoms with van der Waals surface area (Å²) in [4.78, 5) is 14.5. The maximum Gasteiger partial charge on any atom is 0.395 e. The van der Waals surface area contributed by atoms with Gasteiger partial charge in [0.1, 0.15) is 5.56 Å².